The third-order valence-electron chi connectivity index (χ3n) is 3.40. The van der Waals surface area contributed by atoms with Crippen LogP contribution < -0.4 is 4.74 Å². The third-order valence-corrected chi connectivity index (χ3v) is 3.40. The van der Waals surface area contributed by atoms with Gasteiger partial charge in [0.05, 0.1) is 13.2 Å². The molecule has 0 aliphatic heterocycles. The van der Waals surface area contributed by atoms with Crippen LogP contribution in [0.2, 0.25) is 0 Å². The molecule has 3 N–H and O–H groups in total. The fourth-order valence-electron chi connectivity index (χ4n) is 2.22. The number of methoxy groups -OCH3 is 1. The Morgan fingerprint density at radius 2 is 2.18 bits per heavy atom. The second-order valence-corrected chi connectivity index (χ2v) is 4.95. The van der Waals surface area contributed by atoms with Gasteiger partial charge < -0.3 is 20.1 Å². The Morgan fingerprint density at radius 3 is 2.77 bits per heavy atom. The summed E-state index contributed by atoms with van der Waals surface area (Å²) in [5.41, 5.74) is 0.294. The zero-order valence-electron chi connectivity index (χ0n) is 12.4. The molecular formula is C16H21FO5. The topological polar surface area (TPSA) is 87.0 Å². The number of allylic oxidation sites excluding steroid dienone is 1. The Bertz CT molecular complexity index is 515. The second-order valence-electron chi connectivity index (χ2n) is 4.95. The van der Waals surface area contributed by atoms with Crippen LogP contribution in [-0.4, -0.2) is 35.0 Å². The van der Waals surface area contributed by atoms with Gasteiger partial charge in [-0.1, -0.05) is 6.08 Å². The molecule has 0 amide bonds. The van der Waals surface area contributed by atoms with Gasteiger partial charge in [0.1, 0.15) is 11.6 Å². The molecule has 0 aliphatic carbocycles. The summed E-state index contributed by atoms with van der Waals surface area (Å²) >= 11 is 0. The molecule has 0 fully saturated rings. The Balaban J connectivity index is 2.69. The lowest BCUT2D eigenvalue weighted by Gasteiger charge is -2.22. The summed E-state index contributed by atoms with van der Waals surface area (Å²) < 4.78 is 18.4. The molecule has 1 rings (SSSR count). The van der Waals surface area contributed by atoms with Crippen molar-refractivity contribution in [3.63, 3.8) is 0 Å². The van der Waals surface area contributed by atoms with Crippen LogP contribution in [0.3, 0.4) is 0 Å². The largest absolute Gasteiger partial charge is 0.496 e. The summed E-state index contributed by atoms with van der Waals surface area (Å²) in [6.45, 7) is -0.260. The van der Waals surface area contributed by atoms with Gasteiger partial charge in [-0.25, -0.2) is 9.18 Å². The predicted molar refractivity (Wildman–Crippen MR) is 79.1 cm³/mol. The smallest absolute Gasteiger partial charge is 0.327 e. The molecule has 0 bridgehead atoms. The Labute approximate surface area is 128 Å². The van der Waals surface area contributed by atoms with Gasteiger partial charge in [0.25, 0.3) is 0 Å². The van der Waals surface area contributed by atoms with Gasteiger partial charge in [0, 0.05) is 24.2 Å². The Kier molecular flexibility index (Phi) is 7.56. The van der Waals surface area contributed by atoms with Gasteiger partial charge in [0.15, 0.2) is 0 Å². The van der Waals surface area contributed by atoms with Crippen LogP contribution in [0.5, 0.6) is 5.75 Å². The van der Waals surface area contributed by atoms with Crippen molar-refractivity contribution in [3.05, 3.63) is 41.7 Å². The summed E-state index contributed by atoms with van der Waals surface area (Å²) in [5.74, 6) is -1.62. The van der Waals surface area contributed by atoms with Gasteiger partial charge in [0.2, 0.25) is 0 Å². The van der Waals surface area contributed by atoms with Crippen molar-refractivity contribution < 1.29 is 29.2 Å². The highest BCUT2D eigenvalue weighted by molar-refractivity contribution is 5.79. The molecule has 2 atom stereocenters. The molecule has 0 heterocycles. The SMILES string of the molecule is COc1ccc(F)cc1C(O)C(CO)CCC/C=C\C(=O)O. The first kappa shape index (κ1) is 18.1. The van der Waals surface area contributed by atoms with Crippen molar-refractivity contribution in [1.82, 2.24) is 0 Å². The third kappa shape index (κ3) is 5.46. The molecule has 0 spiro atoms. The van der Waals surface area contributed by atoms with Crippen molar-refractivity contribution in [2.45, 2.75) is 25.4 Å². The molecule has 1 aromatic carbocycles. The number of halogens is 1. The first-order chi connectivity index (χ1) is 10.5. The number of aliphatic hydroxyl groups excluding tert-OH is 2. The zero-order chi connectivity index (χ0) is 16.5. The first-order valence-electron chi connectivity index (χ1n) is 7.01. The summed E-state index contributed by atoms with van der Waals surface area (Å²) in [4.78, 5) is 10.3. The molecule has 122 valence electrons. The van der Waals surface area contributed by atoms with Crippen LogP contribution in [0.15, 0.2) is 30.4 Å². The Morgan fingerprint density at radius 1 is 1.45 bits per heavy atom. The molecule has 1 aromatic rings. The highest BCUT2D eigenvalue weighted by atomic mass is 19.1. The summed E-state index contributed by atoms with van der Waals surface area (Å²) in [7, 11) is 1.42. The number of hydrogen-bond acceptors (Lipinski definition) is 4. The van der Waals surface area contributed by atoms with E-state index in [1.807, 2.05) is 0 Å². The Hall–Kier alpha value is -1.92. The second kappa shape index (κ2) is 9.17. The number of rotatable bonds is 9. The van der Waals surface area contributed by atoms with E-state index in [-0.39, 0.29) is 6.61 Å². The van der Waals surface area contributed by atoms with E-state index in [0.717, 1.165) is 6.08 Å². The molecule has 22 heavy (non-hydrogen) atoms. The maximum Gasteiger partial charge on any atom is 0.327 e. The maximum absolute atomic E-state index is 13.3. The summed E-state index contributed by atoms with van der Waals surface area (Å²) in [6.07, 6.45) is 3.12. The lowest BCUT2D eigenvalue weighted by Crippen LogP contribution is -2.17. The van der Waals surface area contributed by atoms with Crippen LogP contribution in [0, 0.1) is 11.7 Å². The quantitative estimate of drug-likeness (QED) is 0.481. The van der Waals surface area contributed by atoms with Crippen molar-refractivity contribution in [2.24, 2.45) is 5.92 Å². The molecule has 0 saturated carbocycles. The fraction of sp³-hybridized carbons (Fsp3) is 0.438. The molecule has 2 unspecified atom stereocenters. The van der Waals surface area contributed by atoms with Gasteiger partial charge in [-0.2, -0.15) is 0 Å². The van der Waals surface area contributed by atoms with E-state index < -0.39 is 23.8 Å². The molecule has 6 heteroatoms. The van der Waals surface area contributed by atoms with Crippen LogP contribution in [0.1, 0.15) is 30.9 Å². The standard InChI is InChI=1S/C16H21FO5/c1-22-14-8-7-12(17)9-13(14)16(21)11(10-18)5-3-2-4-6-15(19)20/h4,6-9,11,16,18,21H,2-3,5,10H2,1H3,(H,19,20)/b6-4-. The monoisotopic (exact) mass is 312 g/mol. The number of carbonyl (C=O) groups is 1. The van der Waals surface area contributed by atoms with Crippen molar-refractivity contribution in [1.29, 1.82) is 0 Å². The minimum Gasteiger partial charge on any atom is -0.496 e. The molecule has 0 radical (unpaired) electrons. The van der Waals surface area contributed by atoms with Gasteiger partial charge >= 0.3 is 5.97 Å². The number of carboxylic acids is 1. The minimum atomic E-state index is -1.06. The minimum absolute atomic E-state index is 0.260. The van der Waals surface area contributed by atoms with E-state index >= 15 is 0 Å². The lowest BCUT2D eigenvalue weighted by molar-refractivity contribution is -0.131. The number of carboxylic acid groups (broad SMARTS) is 1. The molecule has 0 aliphatic rings. The van der Waals surface area contributed by atoms with Gasteiger partial charge in [-0.05, 0) is 37.5 Å². The van der Waals surface area contributed by atoms with Crippen molar-refractivity contribution in [2.75, 3.05) is 13.7 Å². The van der Waals surface area contributed by atoms with Crippen LogP contribution in [-0.2, 0) is 4.79 Å². The van der Waals surface area contributed by atoms with Crippen LogP contribution >= 0.6 is 0 Å². The lowest BCUT2D eigenvalue weighted by atomic mass is 9.91. The number of aliphatic carboxylic acids is 1. The zero-order valence-corrected chi connectivity index (χ0v) is 12.4. The highest BCUT2D eigenvalue weighted by Gasteiger charge is 2.23. The molecule has 0 saturated heterocycles. The number of unbranched alkanes of at least 4 members (excludes halogenated alkanes) is 1. The van der Waals surface area contributed by atoms with Gasteiger partial charge in [-0.15, -0.1) is 0 Å². The van der Waals surface area contributed by atoms with E-state index in [1.165, 1.54) is 31.4 Å². The molecule has 5 nitrogen and oxygen atoms in total. The van der Waals surface area contributed by atoms with E-state index in [2.05, 4.69) is 0 Å². The van der Waals surface area contributed by atoms with Gasteiger partial charge in [-0.3, -0.25) is 0 Å². The van der Waals surface area contributed by atoms with Crippen molar-refractivity contribution in [3.8, 4) is 5.75 Å². The fourth-order valence-corrected chi connectivity index (χ4v) is 2.22. The summed E-state index contributed by atoms with van der Waals surface area (Å²) in [6, 6.07) is 3.86. The molecular weight excluding hydrogens is 291 g/mol. The first-order valence-corrected chi connectivity index (χ1v) is 7.01. The number of benzene rings is 1. The van der Waals surface area contributed by atoms with Crippen LogP contribution in [0.25, 0.3) is 0 Å². The normalized spacial score (nSPS) is 14.0. The number of hydrogen-bond donors (Lipinski definition) is 3. The van der Waals surface area contributed by atoms with E-state index in [4.69, 9.17) is 9.84 Å². The molecule has 0 aromatic heterocycles. The number of aliphatic hydroxyl groups is 2. The van der Waals surface area contributed by atoms with Crippen LogP contribution in [0.4, 0.5) is 4.39 Å². The highest BCUT2D eigenvalue weighted by Crippen LogP contribution is 2.32. The average Bonchev–Trinajstić information content (AvgIpc) is 2.50. The maximum atomic E-state index is 13.3. The van der Waals surface area contributed by atoms with E-state index in [9.17, 15) is 19.4 Å². The summed E-state index contributed by atoms with van der Waals surface area (Å²) in [5, 5.41) is 28.2. The van der Waals surface area contributed by atoms with E-state index in [1.54, 1.807) is 0 Å². The predicted octanol–water partition coefficient (Wildman–Crippen LogP) is 2.29. The number of ether oxygens (including phenoxy) is 1. The van der Waals surface area contributed by atoms with Crippen molar-refractivity contribution >= 4 is 5.97 Å². The van der Waals surface area contributed by atoms with E-state index in [0.29, 0.717) is 30.6 Å². The average molecular weight is 312 g/mol.